The fraction of sp³-hybridized carbons (Fsp3) is 0.500. The molecule has 0 aliphatic carbocycles. The van der Waals surface area contributed by atoms with E-state index in [-0.39, 0.29) is 5.75 Å². The van der Waals surface area contributed by atoms with Gasteiger partial charge in [0.2, 0.25) is 10.0 Å². The maximum absolute atomic E-state index is 13.2. The molecule has 0 saturated heterocycles. The summed E-state index contributed by atoms with van der Waals surface area (Å²) >= 11 is 0. The van der Waals surface area contributed by atoms with Crippen molar-refractivity contribution in [3.8, 4) is 5.75 Å². The maximum Gasteiger partial charge on any atom is 0.212 e. The number of hydrogen-bond donors (Lipinski definition) is 1. The van der Waals surface area contributed by atoms with Gasteiger partial charge in [0.25, 0.3) is 0 Å². The van der Waals surface area contributed by atoms with Crippen molar-refractivity contribution < 1.29 is 17.5 Å². The lowest BCUT2D eigenvalue weighted by Crippen LogP contribution is -2.29. The molecule has 0 aliphatic rings. The number of hydrogen-bond acceptors (Lipinski definition) is 3. The van der Waals surface area contributed by atoms with E-state index >= 15 is 0 Å². The van der Waals surface area contributed by atoms with Gasteiger partial charge < -0.3 is 4.74 Å². The molecule has 0 heterocycles. The Bertz CT molecular complexity index is 502. The molecule has 0 saturated carbocycles. The molecule has 18 heavy (non-hydrogen) atoms. The fourth-order valence-corrected chi connectivity index (χ4v) is 3.03. The second-order valence-corrected chi connectivity index (χ2v) is 5.92. The van der Waals surface area contributed by atoms with Crippen molar-refractivity contribution in [1.82, 2.24) is 4.72 Å². The molecule has 0 bridgehead atoms. The molecule has 1 aromatic rings. The van der Waals surface area contributed by atoms with Gasteiger partial charge in [-0.2, -0.15) is 0 Å². The second-order valence-electron chi connectivity index (χ2n) is 4.04. The van der Waals surface area contributed by atoms with Crippen LogP contribution in [0.3, 0.4) is 0 Å². The van der Waals surface area contributed by atoms with Crippen LogP contribution in [0.25, 0.3) is 0 Å². The predicted octanol–water partition coefficient (Wildman–Crippen LogP) is 2.22. The summed E-state index contributed by atoms with van der Waals surface area (Å²) in [6, 6.07) is 3.50. The lowest BCUT2D eigenvalue weighted by molar-refractivity contribution is 0.403. The van der Waals surface area contributed by atoms with Crippen LogP contribution in [0.5, 0.6) is 5.75 Å². The van der Waals surface area contributed by atoms with Crippen molar-refractivity contribution in [3.63, 3.8) is 0 Å². The van der Waals surface area contributed by atoms with Crippen molar-refractivity contribution in [1.29, 1.82) is 0 Å². The third-order valence-electron chi connectivity index (χ3n) is 2.49. The van der Waals surface area contributed by atoms with Gasteiger partial charge in [0, 0.05) is 11.6 Å². The Morgan fingerprint density at radius 3 is 2.67 bits per heavy atom. The summed E-state index contributed by atoms with van der Waals surface area (Å²) in [4.78, 5) is 0. The average molecular weight is 275 g/mol. The molecule has 1 aromatic carbocycles. The molecule has 0 aromatic heterocycles. The van der Waals surface area contributed by atoms with Crippen molar-refractivity contribution in [3.05, 3.63) is 29.6 Å². The Morgan fingerprint density at radius 1 is 1.44 bits per heavy atom. The summed E-state index contributed by atoms with van der Waals surface area (Å²) in [5, 5.41) is 0. The number of methoxy groups -OCH3 is 1. The van der Waals surface area contributed by atoms with E-state index in [0.29, 0.717) is 17.7 Å². The van der Waals surface area contributed by atoms with Crippen LogP contribution >= 0.6 is 0 Å². The zero-order valence-electron chi connectivity index (χ0n) is 10.7. The Kier molecular flexibility index (Phi) is 5.10. The van der Waals surface area contributed by atoms with Gasteiger partial charge in [0.15, 0.2) is 0 Å². The molecule has 0 amide bonds. The van der Waals surface area contributed by atoms with Crippen molar-refractivity contribution >= 4 is 10.0 Å². The summed E-state index contributed by atoms with van der Waals surface area (Å²) in [5.41, 5.74) is 0.483. The summed E-state index contributed by atoms with van der Waals surface area (Å²) in [6.07, 6.45) is 0.530. The number of ether oxygens (including phenoxy) is 1. The Balaban J connectivity index is 2.96. The summed E-state index contributed by atoms with van der Waals surface area (Å²) in [6.45, 7) is 3.44. The van der Waals surface area contributed by atoms with Gasteiger partial charge in [0.05, 0.1) is 12.9 Å². The Labute approximate surface area is 107 Å². The first-order valence-corrected chi connectivity index (χ1v) is 7.38. The number of sulfonamides is 1. The van der Waals surface area contributed by atoms with Crippen LogP contribution in [0.15, 0.2) is 18.2 Å². The minimum Gasteiger partial charge on any atom is -0.496 e. The van der Waals surface area contributed by atoms with Crippen molar-refractivity contribution in [2.45, 2.75) is 26.3 Å². The smallest absolute Gasteiger partial charge is 0.212 e. The molecule has 1 N–H and O–H groups in total. The Morgan fingerprint density at radius 2 is 2.11 bits per heavy atom. The van der Waals surface area contributed by atoms with Gasteiger partial charge in [-0.05, 0) is 31.5 Å². The van der Waals surface area contributed by atoms with E-state index in [1.807, 2.05) is 0 Å². The molecule has 1 rings (SSSR count). The van der Waals surface area contributed by atoms with Crippen LogP contribution in [0.1, 0.15) is 31.9 Å². The van der Waals surface area contributed by atoms with E-state index in [0.717, 1.165) is 0 Å². The summed E-state index contributed by atoms with van der Waals surface area (Å²) in [7, 11) is -1.88. The number of halogens is 1. The van der Waals surface area contributed by atoms with Gasteiger partial charge >= 0.3 is 0 Å². The van der Waals surface area contributed by atoms with Crippen LogP contribution < -0.4 is 9.46 Å². The fourth-order valence-electron chi connectivity index (χ4n) is 1.70. The highest BCUT2D eigenvalue weighted by Gasteiger charge is 2.18. The molecular weight excluding hydrogens is 257 g/mol. The highest BCUT2D eigenvalue weighted by atomic mass is 32.2. The third kappa shape index (κ3) is 3.96. The molecule has 4 nitrogen and oxygen atoms in total. The molecule has 102 valence electrons. The van der Waals surface area contributed by atoms with E-state index in [2.05, 4.69) is 4.72 Å². The van der Waals surface area contributed by atoms with Crippen LogP contribution in [0.4, 0.5) is 4.39 Å². The van der Waals surface area contributed by atoms with Crippen LogP contribution in [-0.4, -0.2) is 21.3 Å². The van der Waals surface area contributed by atoms with Crippen LogP contribution in [-0.2, 0) is 10.0 Å². The van der Waals surface area contributed by atoms with Gasteiger partial charge in [-0.3, -0.25) is 0 Å². The lowest BCUT2D eigenvalue weighted by atomic mass is 10.1. The number of nitrogens with one attached hydrogen (secondary N) is 1. The van der Waals surface area contributed by atoms with Gasteiger partial charge in [-0.15, -0.1) is 0 Å². The summed E-state index contributed by atoms with van der Waals surface area (Å²) < 4.78 is 44.1. The molecule has 0 spiro atoms. The first-order valence-electron chi connectivity index (χ1n) is 5.73. The first-order chi connectivity index (χ1) is 8.39. The number of benzene rings is 1. The highest BCUT2D eigenvalue weighted by molar-refractivity contribution is 7.89. The van der Waals surface area contributed by atoms with Gasteiger partial charge in [-0.25, -0.2) is 17.5 Å². The molecular formula is C12H18FNO3S. The topological polar surface area (TPSA) is 55.4 Å². The minimum atomic E-state index is -3.34. The van der Waals surface area contributed by atoms with E-state index in [9.17, 15) is 12.8 Å². The molecule has 1 unspecified atom stereocenters. The van der Waals surface area contributed by atoms with Gasteiger partial charge in [0.1, 0.15) is 11.6 Å². The Hall–Kier alpha value is -1.14. The zero-order valence-corrected chi connectivity index (χ0v) is 11.6. The SMILES string of the molecule is CCCS(=O)(=O)NC(C)c1cc(F)ccc1OC. The second kappa shape index (κ2) is 6.15. The highest BCUT2D eigenvalue weighted by Crippen LogP contribution is 2.26. The van der Waals surface area contributed by atoms with Crippen molar-refractivity contribution in [2.75, 3.05) is 12.9 Å². The standard InChI is InChI=1S/C12H18FNO3S/c1-4-7-18(15,16)14-9(2)11-8-10(13)5-6-12(11)17-3/h5-6,8-9,14H,4,7H2,1-3H3. The van der Waals surface area contributed by atoms with Crippen LogP contribution in [0.2, 0.25) is 0 Å². The van der Waals surface area contributed by atoms with E-state index < -0.39 is 21.9 Å². The lowest BCUT2D eigenvalue weighted by Gasteiger charge is -2.17. The maximum atomic E-state index is 13.2. The quantitative estimate of drug-likeness (QED) is 0.866. The third-order valence-corrected chi connectivity index (χ3v) is 4.15. The van der Waals surface area contributed by atoms with E-state index in [1.165, 1.54) is 25.3 Å². The summed E-state index contributed by atoms with van der Waals surface area (Å²) in [5.74, 6) is 0.0880. The molecule has 1 atom stereocenters. The number of rotatable bonds is 6. The van der Waals surface area contributed by atoms with E-state index in [4.69, 9.17) is 4.74 Å². The molecule has 6 heteroatoms. The zero-order chi connectivity index (χ0) is 13.8. The molecule has 0 aliphatic heterocycles. The van der Waals surface area contributed by atoms with Crippen molar-refractivity contribution in [2.24, 2.45) is 0 Å². The van der Waals surface area contributed by atoms with E-state index in [1.54, 1.807) is 13.8 Å². The van der Waals surface area contributed by atoms with Crippen LogP contribution in [0, 0.1) is 5.82 Å². The molecule has 0 fully saturated rings. The normalized spacial score (nSPS) is 13.3. The monoisotopic (exact) mass is 275 g/mol. The first kappa shape index (κ1) is 14.9. The minimum absolute atomic E-state index is 0.0506. The molecule has 0 radical (unpaired) electrons. The van der Waals surface area contributed by atoms with Gasteiger partial charge in [-0.1, -0.05) is 6.92 Å². The average Bonchev–Trinajstić information content (AvgIpc) is 2.28. The predicted molar refractivity (Wildman–Crippen MR) is 68.6 cm³/mol. The largest absolute Gasteiger partial charge is 0.496 e.